The zero-order valence-electron chi connectivity index (χ0n) is 21.3. The Labute approximate surface area is 227 Å². The number of para-hydroxylation sites is 1. The first-order chi connectivity index (χ1) is 18.8. The predicted molar refractivity (Wildman–Crippen MR) is 151 cm³/mol. The lowest BCUT2D eigenvalue weighted by atomic mass is 10.0. The largest absolute Gasteiger partial charge is 0.369 e. The first kappa shape index (κ1) is 24.7. The summed E-state index contributed by atoms with van der Waals surface area (Å²) in [7, 11) is 3.74. The third-order valence-electron chi connectivity index (χ3n) is 7.16. The highest BCUT2D eigenvalue weighted by atomic mass is 32.1. The third kappa shape index (κ3) is 4.32. The van der Waals surface area contributed by atoms with E-state index in [-0.39, 0.29) is 0 Å². The quantitative estimate of drug-likeness (QED) is 0.266. The Kier molecular flexibility index (Phi) is 5.91. The minimum absolute atomic E-state index is 0.395. The number of anilines is 3. The molecule has 0 atom stereocenters. The van der Waals surface area contributed by atoms with Crippen molar-refractivity contribution in [1.29, 1.82) is 0 Å². The van der Waals surface area contributed by atoms with Crippen molar-refractivity contribution in [2.24, 2.45) is 18.2 Å². The van der Waals surface area contributed by atoms with Gasteiger partial charge in [-0.15, -0.1) is 11.3 Å². The fourth-order valence-electron chi connectivity index (χ4n) is 4.73. The topological polar surface area (TPSA) is 106 Å². The third-order valence-corrected chi connectivity index (χ3v) is 8.33. The van der Waals surface area contributed by atoms with Gasteiger partial charge in [-0.3, -0.25) is 14.6 Å². The molecule has 0 unspecified atom stereocenters. The molecule has 0 bridgehead atoms. The molecule has 3 aromatic heterocycles. The van der Waals surface area contributed by atoms with E-state index < -0.39 is 23.0 Å². The molecule has 0 aliphatic heterocycles. The molecule has 0 spiro atoms. The van der Waals surface area contributed by atoms with Crippen molar-refractivity contribution in [3.63, 3.8) is 0 Å². The summed E-state index contributed by atoms with van der Waals surface area (Å²) in [6.07, 6.45) is 6.28. The number of hydrogen-bond acceptors (Lipinski definition) is 6. The summed E-state index contributed by atoms with van der Waals surface area (Å²) in [6, 6.07) is 16.0. The minimum Gasteiger partial charge on any atom is -0.369 e. The molecule has 196 valence electrons. The van der Waals surface area contributed by atoms with Gasteiger partial charge in [0.15, 0.2) is 0 Å². The molecule has 5 aromatic rings. The first-order valence-electron chi connectivity index (χ1n) is 12.4. The highest BCUT2D eigenvalue weighted by Crippen LogP contribution is 2.47. The molecule has 39 heavy (non-hydrogen) atoms. The number of rotatable bonds is 7. The van der Waals surface area contributed by atoms with Crippen LogP contribution in [0.3, 0.4) is 0 Å². The number of primary amides is 1. The van der Waals surface area contributed by atoms with Crippen LogP contribution in [0.2, 0.25) is 0 Å². The number of pyridine rings is 1. The van der Waals surface area contributed by atoms with Crippen LogP contribution in [-0.2, 0) is 16.6 Å². The number of carbonyl (C=O) groups is 2. The molecular formula is C29H25FN6O2S. The molecule has 1 aliphatic carbocycles. The van der Waals surface area contributed by atoms with Crippen molar-refractivity contribution in [1.82, 2.24) is 14.5 Å². The number of imidazole rings is 1. The number of aryl methyl sites for hydroxylation is 1. The van der Waals surface area contributed by atoms with Gasteiger partial charge in [-0.1, -0.05) is 24.3 Å². The maximum absolute atomic E-state index is 15.6. The Hall–Kier alpha value is -4.57. The predicted octanol–water partition coefficient (Wildman–Crippen LogP) is 5.47. The van der Waals surface area contributed by atoms with Crippen LogP contribution in [0.25, 0.3) is 31.9 Å². The normalized spacial score (nSPS) is 13.8. The second-order valence-corrected chi connectivity index (χ2v) is 10.8. The summed E-state index contributed by atoms with van der Waals surface area (Å²) in [6.45, 7) is 0. The molecule has 1 fully saturated rings. The summed E-state index contributed by atoms with van der Waals surface area (Å²) < 4.78 is 18.5. The molecule has 0 saturated heterocycles. The standard InChI is InChI=1S/C29H25FN6O2S/c1-35-15-22(33-16-35)25-14-21-26(39-25)24(9-12-32-21)36(2)23-8-7-17(13-19(23)30)18-5-3-4-6-20(18)34-28(38)29(10-11-29)27(31)37/h3-9,12-16H,10-11H2,1-2H3,(H2,31,37)(H,34,38). The van der Waals surface area contributed by atoms with E-state index in [0.717, 1.165) is 26.5 Å². The van der Waals surface area contributed by atoms with Gasteiger partial charge in [0.25, 0.3) is 0 Å². The number of fused-ring (bicyclic) bond motifs is 1. The molecule has 8 nitrogen and oxygen atoms in total. The van der Waals surface area contributed by atoms with Gasteiger partial charge in [-0.05, 0) is 48.7 Å². The van der Waals surface area contributed by atoms with Crippen molar-refractivity contribution in [3.05, 3.63) is 79.1 Å². The average molecular weight is 541 g/mol. The lowest BCUT2D eigenvalue weighted by Gasteiger charge is -2.21. The Morgan fingerprint density at radius 1 is 1.10 bits per heavy atom. The van der Waals surface area contributed by atoms with E-state index in [1.807, 2.05) is 49.1 Å². The van der Waals surface area contributed by atoms with Gasteiger partial charge >= 0.3 is 0 Å². The van der Waals surface area contributed by atoms with E-state index in [0.29, 0.717) is 35.3 Å². The van der Waals surface area contributed by atoms with Gasteiger partial charge in [0.1, 0.15) is 11.2 Å². The SMILES string of the molecule is CN(c1ccc(-c2ccccc2NC(=O)C2(C(N)=O)CC2)cc1F)c1ccnc2cc(-c3cn(C)cn3)sc12. The van der Waals surface area contributed by atoms with Crippen LogP contribution in [-0.4, -0.2) is 33.4 Å². The van der Waals surface area contributed by atoms with Gasteiger partial charge < -0.3 is 20.5 Å². The second kappa shape index (κ2) is 9.32. The number of aromatic nitrogens is 3. The number of halogens is 1. The minimum atomic E-state index is -1.15. The Morgan fingerprint density at radius 2 is 1.90 bits per heavy atom. The number of nitrogens with two attached hydrogens (primary N) is 1. The lowest BCUT2D eigenvalue weighted by Crippen LogP contribution is -2.36. The summed E-state index contributed by atoms with van der Waals surface area (Å²) in [4.78, 5) is 36.3. The summed E-state index contributed by atoms with van der Waals surface area (Å²) in [5, 5.41) is 2.83. The molecule has 6 rings (SSSR count). The van der Waals surface area contributed by atoms with Gasteiger partial charge in [0, 0.05) is 37.7 Å². The smallest absolute Gasteiger partial charge is 0.240 e. The number of amides is 2. The summed E-state index contributed by atoms with van der Waals surface area (Å²) in [5.74, 6) is -1.47. The van der Waals surface area contributed by atoms with Crippen LogP contribution < -0.4 is 16.0 Å². The molecule has 3 N–H and O–H groups in total. The van der Waals surface area contributed by atoms with Crippen LogP contribution in [0.5, 0.6) is 0 Å². The van der Waals surface area contributed by atoms with Crippen LogP contribution >= 0.6 is 11.3 Å². The molecule has 0 radical (unpaired) electrons. The summed E-state index contributed by atoms with van der Waals surface area (Å²) in [5.41, 5.74) is 8.93. The molecule has 10 heteroatoms. The number of hydrogen-bond donors (Lipinski definition) is 2. The van der Waals surface area contributed by atoms with Gasteiger partial charge in [-0.2, -0.15) is 0 Å². The van der Waals surface area contributed by atoms with E-state index in [1.54, 1.807) is 53.0 Å². The molecule has 1 saturated carbocycles. The molecule has 2 amide bonds. The van der Waals surface area contributed by atoms with Crippen LogP contribution in [0.4, 0.5) is 21.5 Å². The highest BCUT2D eigenvalue weighted by molar-refractivity contribution is 7.22. The van der Waals surface area contributed by atoms with E-state index >= 15 is 4.39 Å². The van der Waals surface area contributed by atoms with Gasteiger partial charge in [0.05, 0.1) is 38.5 Å². The lowest BCUT2D eigenvalue weighted by molar-refractivity contribution is -0.132. The average Bonchev–Trinajstić information content (AvgIpc) is 3.46. The Bertz CT molecular complexity index is 1760. The van der Waals surface area contributed by atoms with E-state index in [1.165, 1.54) is 6.07 Å². The molecule has 2 aromatic carbocycles. The molecular weight excluding hydrogens is 515 g/mol. The molecule has 1 aliphatic rings. The number of benzene rings is 2. The number of nitrogens with zero attached hydrogens (tertiary/aromatic N) is 4. The van der Waals surface area contributed by atoms with E-state index in [2.05, 4.69) is 15.3 Å². The fourth-order valence-corrected chi connectivity index (χ4v) is 5.85. The van der Waals surface area contributed by atoms with Crippen molar-refractivity contribution < 1.29 is 14.0 Å². The highest BCUT2D eigenvalue weighted by Gasteiger charge is 2.55. The maximum Gasteiger partial charge on any atom is 0.240 e. The zero-order chi connectivity index (χ0) is 27.3. The molecule has 3 heterocycles. The Balaban J connectivity index is 1.31. The van der Waals surface area contributed by atoms with Crippen LogP contribution in [0.1, 0.15) is 12.8 Å². The number of nitrogens with one attached hydrogen (secondary N) is 1. The van der Waals surface area contributed by atoms with Crippen molar-refractivity contribution >= 4 is 50.4 Å². The van der Waals surface area contributed by atoms with Crippen molar-refractivity contribution in [2.45, 2.75) is 12.8 Å². The van der Waals surface area contributed by atoms with Crippen LogP contribution in [0.15, 0.2) is 73.3 Å². The second-order valence-electron chi connectivity index (χ2n) is 9.75. The maximum atomic E-state index is 15.6. The van der Waals surface area contributed by atoms with E-state index in [4.69, 9.17) is 5.73 Å². The number of carbonyl (C=O) groups excluding carboxylic acids is 2. The summed E-state index contributed by atoms with van der Waals surface area (Å²) >= 11 is 1.56. The number of thiophene rings is 1. The van der Waals surface area contributed by atoms with Gasteiger partial charge in [0.2, 0.25) is 11.8 Å². The fraction of sp³-hybridized carbons (Fsp3) is 0.172. The van der Waals surface area contributed by atoms with Crippen molar-refractivity contribution in [3.8, 4) is 21.7 Å². The monoisotopic (exact) mass is 540 g/mol. The Morgan fingerprint density at radius 3 is 2.59 bits per heavy atom. The van der Waals surface area contributed by atoms with Crippen molar-refractivity contribution in [2.75, 3.05) is 17.3 Å². The zero-order valence-corrected chi connectivity index (χ0v) is 22.1. The van der Waals surface area contributed by atoms with E-state index in [9.17, 15) is 9.59 Å². The first-order valence-corrected chi connectivity index (χ1v) is 13.2. The van der Waals surface area contributed by atoms with Gasteiger partial charge in [-0.25, -0.2) is 9.37 Å². The van der Waals surface area contributed by atoms with Crippen LogP contribution in [0, 0.1) is 11.2 Å².